The first kappa shape index (κ1) is 11.0. The van der Waals surface area contributed by atoms with Crippen molar-refractivity contribution < 1.29 is 19.6 Å². The van der Waals surface area contributed by atoms with Crippen molar-refractivity contribution in [3.05, 3.63) is 22.0 Å². The van der Waals surface area contributed by atoms with Crippen LogP contribution < -0.4 is 0 Å². The Morgan fingerprint density at radius 1 is 1.73 bits per heavy atom. The molecule has 0 aliphatic heterocycles. The maximum Gasteiger partial charge on any atom is 0.359 e. The van der Waals surface area contributed by atoms with Crippen molar-refractivity contribution in [2.45, 2.75) is 6.92 Å². The van der Waals surface area contributed by atoms with Crippen molar-refractivity contribution >= 4 is 11.7 Å². The normalized spacial score (nSPS) is 10.0. The lowest BCUT2D eigenvalue weighted by Gasteiger charge is -2.01. The summed E-state index contributed by atoms with van der Waals surface area (Å²) in [5, 5.41) is 19.9. The monoisotopic (exact) mass is 214 g/mol. The zero-order chi connectivity index (χ0) is 11.6. The van der Waals surface area contributed by atoms with Crippen LogP contribution in [0.5, 0.6) is 5.75 Å². The summed E-state index contributed by atoms with van der Waals surface area (Å²) in [6, 6.07) is 0. The molecule has 0 aliphatic carbocycles. The van der Waals surface area contributed by atoms with E-state index in [9.17, 15) is 20.0 Å². The molecule has 0 aromatic carbocycles. The third kappa shape index (κ3) is 1.90. The lowest BCUT2D eigenvalue weighted by Crippen LogP contribution is -2.09. The van der Waals surface area contributed by atoms with E-state index in [0.717, 1.165) is 10.8 Å². The van der Waals surface area contributed by atoms with Gasteiger partial charge in [-0.05, 0) is 6.92 Å². The Labute approximate surface area is 85.0 Å². The molecule has 0 radical (unpaired) electrons. The molecule has 7 heteroatoms. The third-order valence-electron chi connectivity index (χ3n) is 1.80. The number of carbonyl (C=O) groups is 1. The number of carbonyl (C=O) groups excluding carboxylic acids is 1. The van der Waals surface area contributed by atoms with Gasteiger partial charge in [-0.2, -0.15) is 0 Å². The van der Waals surface area contributed by atoms with Gasteiger partial charge in [0.05, 0.1) is 17.7 Å². The highest BCUT2D eigenvalue weighted by molar-refractivity contribution is 5.92. The summed E-state index contributed by atoms with van der Waals surface area (Å²) in [7, 11) is 1.42. The summed E-state index contributed by atoms with van der Waals surface area (Å²) in [6.45, 7) is 1.74. The van der Waals surface area contributed by atoms with Crippen LogP contribution in [0.15, 0.2) is 6.20 Å². The van der Waals surface area contributed by atoms with Crippen LogP contribution in [-0.4, -0.2) is 27.2 Å². The second-order valence-electron chi connectivity index (χ2n) is 2.80. The van der Waals surface area contributed by atoms with Gasteiger partial charge in [-0.3, -0.25) is 10.1 Å². The molecule has 0 fully saturated rings. The van der Waals surface area contributed by atoms with Gasteiger partial charge >= 0.3 is 11.7 Å². The van der Waals surface area contributed by atoms with Gasteiger partial charge in [0.15, 0.2) is 5.69 Å². The van der Waals surface area contributed by atoms with E-state index in [0.29, 0.717) is 0 Å². The average Bonchev–Trinajstić information content (AvgIpc) is 2.42. The molecule has 1 N–H and O–H groups in total. The quantitative estimate of drug-likeness (QED) is 0.456. The molecule has 0 saturated carbocycles. The van der Waals surface area contributed by atoms with Gasteiger partial charge in [-0.25, -0.2) is 4.79 Å². The minimum absolute atomic E-state index is 0.136. The molecule has 0 aliphatic rings. The van der Waals surface area contributed by atoms with E-state index in [2.05, 4.69) is 4.74 Å². The van der Waals surface area contributed by atoms with E-state index in [1.165, 1.54) is 7.05 Å². The lowest BCUT2D eigenvalue weighted by molar-refractivity contribution is -0.385. The first-order valence-corrected chi connectivity index (χ1v) is 4.18. The lowest BCUT2D eigenvalue weighted by atomic mass is 10.3. The number of hydrogen-bond acceptors (Lipinski definition) is 5. The highest BCUT2D eigenvalue weighted by Crippen LogP contribution is 2.31. The van der Waals surface area contributed by atoms with Gasteiger partial charge in [-0.15, -0.1) is 0 Å². The molecular weight excluding hydrogens is 204 g/mol. The Bertz CT molecular complexity index is 409. The fraction of sp³-hybridized carbons (Fsp3) is 0.375. The number of nitrogens with zero attached hydrogens (tertiary/aromatic N) is 2. The standard InChI is InChI=1S/C8H10N2O5/c1-3-15-8(12)6-7(11)5(10(13)14)4-9(6)2/h4,11H,3H2,1-2H3. The van der Waals surface area contributed by atoms with Gasteiger partial charge in [0, 0.05) is 7.05 Å². The predicted molar refractivity (Wildman–Crippen MR) is 49.7 cm³/mol. The van der Waals surface area contributed by atoms with Crippen LogP contribution in [0.3, 0.4) is 0 Å². The maximum atomic E-state index is 11.3. The number of esters is 1. The largest absolute Gasteiger partial charge is 0.500 e. The molecule has 7 nitrogen and oxygen atoms in total. The first-order valence-electron chi connectivity index (χ1n) is 4.18. The molecule has 1 aromatic heterocycles. The molecular formula is C8H10N2O5. The van der Waals surface area contributed by atoms with Gasteiger partial charge in [-0.1, -0.05) is 0 Å². The van der Waals surface area contributed by atoms with E-state index < -0.39 is 22.3 Å². The van der Waals surface area contributed by atoms with Crippen molar-refractivity contribution in [3.8, 4) is 5.75 Å². The van der Waals surface area contributed by atoms with Gasteiger partial charge in [0.25, 0.3) is 0 Å². The second kappa shape index (κ2) is 3.99. The average molecular weight is 214 g/mol. The first-order chi connectivity index (χ1) is 6.99. The Kier molecular flexibility index (Phi) is 2.93. The maximum absolute atomic E-state index is 11.3. The molecule has 0 atom stereocenters. The van der Waals surface area contributed by atoms with Crippen molar-refractivity contribution in [2.24, 2.45) is 7.05 Å². The highest BCUT2D eigenvalue weighted by Gasteiger charge is 2.27. The molecule has 0 spiro atoms. The van der Waals surface area contributed by atoms with Crippen molar-refractivity contribution in [1.29, 1.82) is 0 Å². The van der Waals surface area contributed by atoms with Gasteiger partial charge in [0.1, 0.15) is 0 Å². The number of rotatable bonds is 3. The van der Waals surface area contributed by atoms with Crippen molar-refractivity contribution in [1.82, 2.24) is 4.57 Å². The van der Waals surface area contributed by atoms with Gasteiger partial charge in [0.2, 0.25) is 5.75 Å². The molecule has 0 unspecified atom stereocenters. The summed E-state index contributed by atoms with van der Waals surface area (Å²) in [5.74, 6) is -1.45. The molecule has 15 heavy (non-hydrogen) atoms. The Balaban J connectivity index is 3.19. The van der Waals surface area contributed by atoms with Crippen molar-refractivity contribution in [3.63, 3.8) is 0 Å². The molecule has 1 aromatic rings. The van der Waals surface area contributed by atoms with E-state index in [4.69, 9.17) is 0 Å². The number of nitro groups is 1. The molecule has 0 bridgehead atoms. The van der Waals surface area contributed by atoms with E-state index >= 15 is 0 Å². The fourth-order valence-electron chi connectivity index (χ4n) is 1.17. The summed E-state index contributed by atoms with van der Waals surface area (Å²) in [6.07, 6.45) is 1.06. The SMILES string of the molecule is CCOC(=O)c1c(O)c([N+](=O)[O-])cn1C. The minimum atomic E-state index is -0.786. The van der Waals surface area contributed by atoms with E-state index in [1.807, 2.05) is 0 Å². The topological polar surface area (TPSA) is 94.6 Å². The van der Waals surface area contributed by atoms with Crippen LogP contribution in [0.1, 0.15) is 17.4 Å². The predicted octanol–water partition coefficient (Wildman–Crippen LogP) is 0.816. The smallest absolute Gasteiger partial charge is 0.359 e. The van der Waals surface area contributed by atoms with Crippen LogP contribution in [0.2, 0.25) is 0 Å². The zero-order valence-corrected chi connectivity index (χ0v) is 8.26. The summed E-state index contributed by atoms with van der Waals surface area (Å²) >= 11 is 0. The minimum Gasteiger partial charge on any atom is -0.500 e. The molecule has 1 heterocycles. The Morgan fingerprint density at radius 2 is 2.33 bits per heavy atom. The zero-order valence-electron chi connectivity index (χ0n) is 8.26. The van der Waals surface area contributed by atoms with Crippen molar-refractivity contribution in [2.75, 3.05) is 6.61 Å². The molecule has 0 saturated heterocycles. The number of aromatic hydroxyl groups is 1. The van der Waals surface area contributed by atoms with Crippen LogP contribution in [0, 0.1) is 10.1 Å². The molecule has 1 rings (SSSR count). The van der Waals surface area contributed by atoms with Crippen LogP contribution in [0.4, 0.5) is 5.69 Å². The number of hydrogen-bond donors (Lipinski definition) is 1. The van der Waals surface area contributed by atoms with Crippen LogP contribution in [-0.2, 0) is 11.8 Å². The number of aromatic nitrogens is 1. The van der Waals surface area contributed by atoms with E-state index in [-0.39, 0.29) is 12.3 Å². The fourth-order valence-corrected chi connectivity index (χ4v) is 1.17. The molecule has 82 valence electrons. The third-order valence-corrected chi connectivity index (χ3v) is 1.80. The Hall–Kier alpha value is -2.05. The summed E-state index contributed by atoms with van der Waals surface area (Å²) in [4.78, 5) is 21.0. The highest BCUT2D eigenvalue weighted by atomic mass is 16.6. The van der Waals surface area contributed by atoms with Crippen LogP contribution >= 0.6 is 0 Å². The van der Waals surface area contributed by atoms with Gasteiger partial charge < -0.3 is 14.4 Å². The van der Waals surface area contributed by atoms with Crippen LogP contribution in [0.25, 0.3) is 0 Å². The summed E-state index contributed by atoms with van der Waals surface area (Å²) < 4.78 is 5.80. The number of ether oxygens (including phenoxy) is 1. The second-order valence-corrected chi connectivity index (χ2v) is 2.80. The molecule has 0 amide bonds. The summed E-state index contributed by atoms with van der Waals surface area (Å²) in [5.41, 5.74) is -0.732. The number of aryl methyl sites for hydroxylation is 1. The Morgan fingerprint density at radius 3 is 2.73 bits per heavy atom. The van der Waals surface area contributed by atoms with E-state index in [1.54, 1.807) is 6.92 Å².